The normalized spacial score (nSPS) is 19.9. The van der Waals surface area contributed by atoms with E-state index >= 15 is 0 Å². The van der Waals surface area contributed by atoms with Gasteiger partial charge < -0.3 is 45.1 Å². The van der Waals surface area contributed by atoms with Gasteiger partial charge in [-0.15, -0.1) is 0 Å². The molecule has 0 saturated carbocycles. The second-order valence-corrected chi connectivity index (χ2v) is 20.4. The van der Waals surface area contributed by atoms with Crippen LogP contribution in [0.2, 0.25) is 0 Å². The minimum atomic E-state index is -1.63. The summed E-state index contributed by atoms with van der Waals surface area (Å²) in [4.78, 5) is 26.4. The fraction of sp³-hybridized carbons (Fsp3) is 0.803. The number of aliphatic hydroxyl groups is 5. The highest BCUT2D eigenvalue weighted by Gasteiger charge is 2.47. The molecular formula is C61H109NO10. The highest BCUT2D eigenvalue weighted by molar-refractivity contribution is 5.80. The van der Waals surface area contributed by atoms with Gasteiger partial charge in [-0.3, -0.25) is 9.59 Å². The number of carbonyl (C=O) groups excluding carboxylic acids is 2. The van der Waals surface area contributed by atoms with Crippen molar-refractivity contribution in [1.82, 2.24) is 5.32 Å². The van der Waals surface area contributed by atoms with Crippen molar-refractivity contribution >= 4 is 11.9 Å². The molecule has 1 aliphatic rings. The summed E-state index contributed by atoms with van der Waals surface area (Å²) < 4.78 is 17.5. The molecule has 0 aromatic heterocycles. The zero-order valence-electron chi connectivity index (χ0n) is 46.0. The van der Waals surface area contributed by atoms with E-state index < -0.39 is 67.4 Å². The van der Waals surface area contributed by atoms with Crippen LogP contribution in [0.5, 0.6) is 0 Å². The van der Waals surface area contributed by atoms with E-state index in [0.29, 0.717) is 19.3 Å². The van der Waals surface area contributed by atoms with Crippen LogP contribution in [0.1, 0.15) is 252 Å². The van der Waals surface area contributed by atoms with Gasteiger partial charge >= 0.3 is 5.97 Å². The Balaban J connectivity index is 2.75. The van der Waals surface area contributed by atoms with E-state index in [4.69, 9.17) is 14.2 Å². The summed E-state index contributed by atoms with van der Waals surface area (Å²) in [5.74, 6) is -1.25. The lowest BCUT2D eigenvalue weighted by molar-refractivity contribution is -0.305. The predicted molar refractivity (Wildman–Crippen MR) is 296 cm³/mol. The van der Waals surface area contributed by atoms with E-state index in [1.54, 1.807) is 6.08 Å². The maximum atomic E-state index is 13.4. The summed E-state index contributed by atoms with van der Waals surface area (Å²) in [6, 6.07) is -1.03. The average Bonchev–Trinajstić information content (AvgIpc) is 3.38. The molecule has 8 unspecified atom stereocenters. The van der Waals surface area contributed by atoms with Gasteiger partial charge in [-0.2, -0.15) is 0 Å². The zero-order chi connectivity index (χ0) is 52.5. The van der Waals surface area contributed by atoms with E-state index in [1.165, 1.54) is 135 Å². The molecule has 6 N–H and O–H groups in total. The second kappa shape index (κ2) is 49.2. The molecule has 72 heavy (non-hydrogen) atoms. The molecule has 0 aromatic carbocycles. The smallest absolute Gasteiger partial charge is 0.306 e. The Hall–Kier alpha value is -2.64. The summed E-state index contributed by atoms with van der Waals surface area (Å²) >= 11 is 0. The summed E-state index contributed by atoms with van der Waals surface area (Å²) in [5, 5.41) is 56.8. The highest BCUT2D eigenvalue weighted by Crippen LogP contribution is 2.26. The first-order chi connectivity index (χ1) is 35.2. The minimum absolute atomic E-state index is 0.0475. The van der Waals surface area contributed by atoms with Crippen molar-refractivity contribution in [1.29, 1.82) is 0 Å². The number of aliphatic hydroxyl groups excluding tert-OH is 5. The molecular weight excluding hydrogens is 907 g/mol. The molecule has 0 bridgehead atoms. The molecule has 0 aromatic rings. The number of hydrogen-bond acceptors (Lipinski definition) is 10. The Morgan fingerprint density at radius 3 is 1.46 bits per heavy atom. The predicted octanol–water partition coefficient (Wildman–Crippen LogP) is 13.4. The first-order valence-corrected chi connectivity index (χ1v) is 29.6. The molecule has 1 rings (SSSR count). The van der Waals surface area contributed by atoms with Gasteiger partial charge in [-0.25, -0.2) is 0 Å². The summed E-state index contributed by atoms with van der Waals surface area (Å²) in [6.07, 6.45) is 49.8. The Morgan fingerprint density at radius 1 is 0.542 bits per heavy atom. The first kappa shape index (κ1) is 67.4. The Morgan fingerprint density at radius 2 is 0.958 bits per heavy atom. The highest BCUT2D eigenvalue weighted by atomic mass is 16.7. The van der Waals surface area contributed by atoms with Crippen LogP contribution in [0.3, 0.4) is 0 Å². The van der Waals surface area contributed by atoms with Crippen LogP contribution in [0.4, 0.5) is 0 Å². The molecule has 11 nitrogen and oxygen atoms in total. The van der Waals surface area contributed by atoms with Crippen molar-refractivity contribution in [3.05, 3.63) is 60.8 Å². The van der Waals surface area contributed by atoms with E-state index in [9.17, 15) is 35.1 Å². The molecule has 11 heteroatoms. The number of amides is 1. The number of allylic oxidation sites excluding steroid dienone is 9. The number of ether oxygens (including phenoxy) is 3. The van der Waals surface area contributed by atoms with Crippen molar-refractivity contribution in [2.24, 2.45) is 0 Å². The molecule has 0 aliphatic carbocycles. The van der Waals surface area contributed by atoms with Crippen LogP contribution in [-0.4, -0.2) is 99.6 Å². The van der Waals surface area contributed by atoms with Crippen LogP contribution >= 0.6 is 0 Å². The summed E-state index contributed by atoms with van der Waals surface area (Å²) in [5.41, 5.74) is 0. The third-order valence-corrected chi connectivity index (χ3v) is 13.7. The van der Waals surface area contributed by atoms with Gasteiger partial charge in [0, 0.05) is 6.42 Å². The van der Waals surface area contributed by atoms with E-state index in [2.05, 4.69) is 68.6 Å². The molecule has 1 aliphatic heterocycles. The topological polar surface area (TPSA) is 175 Å². The standard InChI is InChI=1S/C61H109NO10/c1-4-7-10-13-16-19-22-25-27-28-29-31-34-37-40-43-46-49-56(66)72-59-58(68)57(67)55(50-63)71-61(59)70-51-52(53(64)47-44-41-38-35-32-24-21-18-15-12-9-6-3)62-60(69)54(65)48-45-42-39-36-33-30-26-23-20-17-14-11-8-5-2/h16,19,25,27,29,31,37,40,44,47,52-55,57-59,61,63-65,67-68H,4-15,17-18,20-24,26,28,30,32-36,38-39,41-43,45-46,48-51H2,1-3H3,(H,62,69)/b19-16-,27-25-,31-29-,40-37-,47-44+. The van der Waals surface area contributed by atoms with Crippen molar-refractivity contribution < 1.29 is 49.3 Å². The van der Waals surface area contributed by atoms with Gasteiger partial charge in [0.05, 0.1) is 25.4 Å². The molecule has 0 spiro atoms. The lowest BCUT2D eigenvalue weighted by atomic mass is 9.99. The Labute approximate surface area is 439 Å². The lowest BCUT2D eigenvalue weighted by Crippen LogP contribution is -2.61. The van der Waals surface area contributed by atoms with Crippen molar-refractivity contribution in [3.8, 4) is 0 Å². The molecule has 1 amide bonds. The first-order valence-electron chi connectivity index (χ1n) is 29.6. The molecule has 0 radical (unpaired) electrons. The fourth-order valence-electron chi connectivity index (χ4n) is 8.94. The lowest BCUT2D eigenvalue weighted by Gasteiger charge is -2.41. The van der Waals surface area contributed by atoms with Crippen molar-refractivity contribution in [2.45, 2.75) is 301 Å². The summed E-state index contributed by atoms with van der Waals surface area (Å²) in [6.45, 7) is 5.73. The Bertz CT molecular complexity index is 1400. The van der Waals surface area contributed by atoms with Gasteiger partial charge in [0.25, 0.3) is 0 Å². The number of unbranched alkanes of at least 4 members (excludes halogenated alkanes) is 27. The van der Waals surface area contributed by atoms with Gasteiger partial charge in [0.2, 0.25) is 5.91 Å². The molecule has 1 saturated heterocycles. The maximum Gasteiger partial charge on any atom is 0.306 e. The van der Waals surface area contributed by atoms with Crippen molar-refractivity contribution in [2.75, 3.05) is 13.2 Å². The quantitative estimate of drug-likeness (QED) is 0.0195. The number of nitrogens with one attached hydrogen (secondary N) is 1. The van der Waals surface area contributed by atoms with Gasteiger partial charge in [-0.1, -0.05) is 242 Å². The molecule has 418 valence electrons. The maximum absolute atomic E-state index is 13.4. The van der Waals surface area contributed by atoms with Gasteiger partial charge in [0.15, 0.2) is 12.4 Å². The van der Waals surface area contributed by atoms with Crippen LogP contribution in [-0.2, 0) is 23.8 Å². The second-order valence-electron chi connectivity index (χ2n) is 20.4. The summed E-state index contributed by atoms with van der Waals surface area (Å²) in [7, 11) is 0. The molecule has 1 heterocycles. The molecule has 1 fully saturated rings. The van der Waals surface area contributed by atoms with Gasteiger partial charge in [0.1, 0.15) is 24.4 Å². The number of esters is 1. The van der Waals surface area contributed by atoms with Crippen LogP contribution in [0.15, 0.2) is 60.8 Å². The van der Waals surface area contributed by atoms with Crippen LogP contribution in [0.25, 0.3) is 0 Å². The zero-order valence-corrected chi connectivity index (χ0v) is 46.0. The van der Waals surface area contributed by atoms with E-state index in [1.807, 2.05) is 12.2 Å². The SMILES string of the molecule is CCCCC/C=C\C/C=C\C/C=C\C/C=C\CCCC(=O)OC1C(OCC(NC(=O)C(O)CCCCCCCCCCCCCCCC)C(O)/C=C/CCCCCCCCCCCC)OC(CO)C(O)C1O. The third-order valence-electron chi connectivity index (χ3n) is 13.7. The van der Waals surface area contributed by atoms with Crippen LogP contribution < -0.4 is 5.32 Å². The number of carbonyl (C=O) groups is 2. The average molecular weight is 1020 g/mol. The van der Waals surface area contributed by atoms with E-state index in [0.717, 1.165) is 64.2 Å². The minimum Gasteiger partial charge on any atom is -0.454 e. The van der Waals surface area contributed by atoms with E-state index in [-0.39, 0.29) is 19.4 Å². The Kier molecular flexibility index (Phi) is 46.1. The third kappa shape index (κ3) is 37.1. The van der Waals surface area contributed by atoms with Crippen LogP contribution in [0, 0.1) is 0 Å². The largest absolute Gasteiger partial charge is 0.454 e. The van der Waals surface area contributed by atoms with Crippen molar-refractivity contribution in [3.63, 3.8) is 0 Å². The number of hydrogen-bond donors (Lipinski definition) is 6. The monoisotopic (exact) mass is 1020 g/mol. The molecule has 8 atom stereocenters. The number of rotatable bonds is 49. The van der Waals surface area contributed by atoms with Gasteiger partial charge in [-0.05, 0) is 64.2 Å². The fourth-order valence-corrected chi connectivity index (χ4v) is 8.94.